The molecule has 1 aromatic carbocycles. The van der Waals surface area contributed by atoms with Crippen LogP contribution in [0.5, 0.6) is 5.75 Å². The highest BCUT2D eigenvalue weighted by atomic mass is 32.1. The van der Waals surface area contributed by atoms with Gasteiger partial charge >= 0.3 is 6.16 Å². The molecule has 0 aliphatic carbocycles. The van der Waals surface area contributed by atoms with Crippen molar-refractivity contribution in [3.63, 3.8) is 0 Å². The Morgan fingerprint density at radius 3 is 2.45 bits per heavy atom. The van der Waals surface area contributed by atoms with E-state index in [0.717, 1.165) is 10.4 Å². The van der Waals surface area contributed by atoms with Gasteiger partial charge in [0.2, 0.25) is 0 Å². The SMILES string of the molecule is CC(C)(C)OC(=O)Oc1cc(-c2ccccc2)sc1N. The molecule has 5 heteroatoms. The van der Waals surface area contributed by atoms with Crippen LogP contribution in [0.3, 0.4) is 0 Å². The highest BCUT2D eigenvalue weighted by molar-refractivity contribution is 7.19. The third-order valence-electron chi connectivity index (χ3n) is 2.37. The topological polar surface area (TPSA) is 61.5 Å². The van der Waals surface area contributed by atoms with Gasteiger partial charge in [0.25, 0.3) is 0 Å². The number of rotatable bonds is 2. The summed E-state index contributed by atoms with van der Waals surface area (Å²) in [5.41, 5.74) is 6.31. The van der Waals surface area contributed by atoms with Crippen LogP contribution in [0.15, 0.2) is 36.4 Å². The third-order valence-corrected chi connectivity index (χ3v) is 3.36. The molecular formula is C15H17NO3S. The van der Waals surface area contributed by atoms with Crippen molar-refractivity contribution in [2.24, 2.45) is 0 Å². The van der Waals surface area contributed by atoms with Crippen molar-refractivity contribution in [1.82, 2.24) is 0 Å². The summed E-state index contributed by atoms with van der Waals surface area (Å²) in [6, 6.07) is 11.5. The lowest BCUT2D eigenvalue weighted by molar-refractivity contribution is 0.0208. The van der Waals surface area contributed by atoms with Gasteiger partial charge in [0.15, 0.2) is 5.75 Å². The van der Waals surface area contributed by atoms with Crippen LogP contribution < -0.4 is 10.5 Å². The third kappa shape index (κ3) is 3.74. The van der Waals surface area contributed by atoms with E-state index in [1.807, 2.05) is 30.3 Å². The summed E-state index contributed by atoms with van der Waals surface area (Å²) in [6.45, 7) is 5.34. The Bertz CT molecular complexity index is 599. The minimum absolute atomic E-state index is 0.336. The molecule has 0 spiro atoms. The van der Waals surface area contributed by atoms with Gasteiger partial charge in [0, 0.05) is 10.9 Å². The molecule has 106 valence electrons. The summed E-state index contributed by atoms with van der Waals surface area (Å²) >= 11 is 1.37. The van der Waals surface area contributed by atoms with Gasteiger partial charge in [-0.1, -0.05) is 30.3 Å². The fourth-order valence-corrected chi connectivity index (χ4v) is 2.43. The van der Waals surface area contributed by atoms with E-state index < -0.39 is 11.8 Å². The Labute approximate surface area is 122 Å². The van der Waals surface area contributed by atoms with E-state index in [4.69, 9.17) is 15.2 Å². The molecule has 4 nitrogen and oxygen atoms in total. The van der Waals surface area contributed by atoms with Crippen LogP contribution in [0.4, 0.5) is 9.80 Å². The molecule has 2 rings (SSSR count). The molecule has 0 saturated carbocycles. The number of carbonyl (C=O) groups is 1. The van der Waals surface area contributed by atoms with Crippen molar-refractivity contribution in [2.45, 2.75) is 26.4 Å². The lowest BCUT2D eigenvalue weighted by Gasteiger charge is -2.18. The first-order chi connectivity index (χ1) is 9.35. The van der Waals surface area contributed by atoms with Crippen molar-refractivity contribution < 1.29 is 14.3 Å². The highest BCUT2D eigenvalue weighted by Gasteiger charge is 2.20. The van der Waals surface area contributed by atoms with Crippen LogP contribution in [0.1, 0.15) is 20.8 Å². The Morgan fingerprint density at radius 1 is 1.20 bits per heavy atom. The fraction of sp³-hybridized carbons (Fsp3) is 0.267. The van der Waals surface area contributed by atoms with Crippen molar-refractivity contribution in [1.29, 1.82) is 0 Å². The van der Waals surface area contributed by atoms with Crippen LogP contribution in [0, 0.1) is 0 Å². The minimum Gasteiger partial charge on any atom is -0.428 e. The quantitative estimate of drug-likeness (QED) is 0.837. The smallest absolute Gasteiger partial charge is 0.428 e. The van der Waals surface area contributed by atoms with Crippen molar-refractivity contribution in [2.75, 3.05) is 5.73 Å². The fourth-order valence-electron chi connectivity index (χ4n) is 1.57. The molecule has 0 unspecified atom stereocenters. The van der Waals surface area contributed by atoms with E-state index in [-0.39, 0.29) is 0 Å². The average Bonchev–Trinajstić information content (AvgIpc) is 2.70. The van der Waals surface area contributed by atoms with Gasteiger partial charge < -0.3 is 15.2 Å². The Hall–Kier alpha value is -2.01. The second kappa shape index (κ2) is 5.54. The maximum absolute atomic E-state index is 11.6. The van der Waals surface area contributed by atoms with Gasteiger partial charge in [0.05, 0.1) is 0 Å². The molecule has 0 fully saturated rings. The number of hydrogen-bond acceptors (Lipinski definition) is 5. The minimum atomic E-state index is -0.749. The van der Waals surface area contributed by atoms with E-state index in [1.165, 1.54) is 11.3 Å². The van der Waals surface area contributed by atoms with E-state index >= 15 is 0 Å². The van der Waals surface area contributed by atoms with Crippen molar-refractivity contribution in [3.8, 4) is 16.2 Å². The van der Waals surface area contributed by atoms with E-state index in [9.17, 15) is 4.79 Å². The Balaban J connectivity index is 2.15. The molecule has 2 N–H and O–H groups in total. The second-order valence-electron chi connectivity index (χ2n) is 5.27. The molecule has 0 bridgehead atoms. The van der Waals surface area contributed by atoms with Crippen LogP contribution in [-0.4, -0.2) is 11.8 Å². The zero-order valence-electron chi connectivity index (χ0n) is 11.7. The molecule has 0 atom stereocenters. The van der Waals surface area contributed by atoms with Crippen LogP contribution in [0.2, 0.25) is 0 Å². The summed E-state index contributed by atoms with van der Waals surface area (Å²) < 4.78 is 10.2. The van der Waals surface area contributed by atoms with Crippen LogP contribution in [0.25, 0.3) is 10.4 Å². The largest absolute Gasteiger partial charge is 0.514 e. The maximum atomic E-state index is 11.6. The molecule has 0 saturated heterocycles. The summed E-state index contributed by atoms with van der Waals surface area (Å²) in [7, 11) is 0. The van der Waals surface area contributed by atoms with Gasteiger partial charge in [-0.15, -0.1) is 11.3 Å². The lowest BCUT2D eigenvalue weighted by atomic mass is 10.2. The number of nitrogens with two attached hydrogens (primary N) is 1. The average molecular weight is 291 g/mol. The van der Waals surface area contributed by atoms with Gasteiger partial charge in [-0.05, 0) is 26.3 Å². The Kier molecular flexibility index (Phi) is 3.99. The monoisotopic (exact) mass is 291 g/mol. The van der Waals surface area contributed by atoms with Crippen LogP contribution >= 0.6 is 11.3 Å². The molecule has 0 aliphatic heterocycles. The van der Waals surface area contributed by atoms with Crippen molar-refractivity contribution in [3.05, 3.63) is 36.4 Å². The molecule has 0 radical (unpaired) electrons. The predicted octanol–water partition coefficient (Wildman–Crippen LogP) is 4.31. The molecular weight excluding hydrogens is 274 g/mol. The van der Waals surface area contributed by atoms with E-state index in [0.29, 0.717) is 10.8 Å². The number of carbonyl (C=O) groups excluding carboxylic acids is 1. The first-order valence-corrected chi connectivity index (χ1v) is 7.02. The van der Waals surface area contributed by atoms with Gasteiger partial charge in [0.1, 0.15) is 10.6 Å². The number of benzene rings is 1. The molecule has 20 heavy (non-hydrogen) atoms. The normalized spacial score (nSPS) is 11.2. The zero-order chi connectivity index (χ0) is 14.8. The van der Waals surface area contributed by atoms with Crippen molar-refractivity contribution >= 4 is 22.5 Å². The van der Waals surface area contributed by atoms with Gasteiger partial charge in [-0.2, -0.15) is 0 Å². The summed E-state index contributed by atoms with van der Waals surface area (Å²) in [6.07, 6.45) is -0.749. The zero-order valence-corrected chi connectivity index (χ0v) is 12.5. The number of ether oxygens (including phenoxy) is 2. The van der Waals surface area contributed by atoms with E-state index in [1.54, 1.807) is 26.8 Å². The van der Waals surface area contributed by atoms with Gasteiger partial charge in [-0.25, -0.2) is 4.79 Å². The summed E-state index contributed by atoms with van der Waals surface area (Å²) in [4.78, 5) is 12.6. The summed E-state index contributed by atoms with van der Waals surface area (Å²) in [5, 5.41) is 0.453. The van der Waals surface area contributed by atoms with Crippen LogP contribution in [-0.2, 0) is 4.74 Å². The van der Waals surface area contributed by atoms with Gasteiger partial charge in [-0.3, -0.25) is 0 Å². The molecule has 0 amide bonds. The molecule has 1 heterocycles. The first-order valence-electron chi connectivity index (χ1n) is 6.21. The number of thiophene rings is 1. The standard InChI is InChI=1S/C15H17NO3S/c1-15(2,3)19-14(17)18-11-9-12(20-13(11)16)10-7-5-4-6-8-10/h4-9H,16H2,1-3H3. The molecule has 2 aromatic rings. The number of hydrogen-bond donors (Lipinski definition) is 1. The summed E-state index contributed by atoms with van der Waals surface area (Å²) in [5.74, 6) is 0.336. The predicted molar refractivity (Wildman–Crippen MR) is 81.0 cm³/mol. The highest BCUT2D eigenvalue weighted by Crippen LogP contribution is 2.38. The maximum Gasteiger partial charge on any atom is 0.514 e. The number of anilines is 1. The van der Waals surface area contributed by atoms with E-state index in [2.05, 4.69) is 0 Å². The first kappa shape index (κ1) is 14.4. The lowest BCUT2D eigenvalue weighted by Crippen LogP contribution is -2.26. The Morgan fingerprint density at radius 2 is 1.85 bits per heavy atom. The molecule has 0 aliphatic rings. The second-order valence-corrected chi connectivity index (χ2v) is 6.36. The molecule has 1 aromatic heterocycles. The number of nitrogen functional groups attached to an aromatic ring is 1.